The van der Waals surface area contributed by atoms with Crippen LogP contribution in [0.1, 0.15) is 17.4 Å². The SMILES string of the molecule is CC1(O)CN(C(=O)c2cc(=O)[nH]c(=O)[nH]2)C1. The number of hydrogen-bond donors (Lipinski definition) is 3. The van der Waals surface area contributed by atoms with Crippen LogP contribution < -0.4 is 11.2 Å². The molecule has 2 heterocycles. The van der Waals surface area contributed by atoms with Crippen LogP contribution in [0.2, 0.25) is 0 Å². The second kappa shape index (κ2) is 3.31. The van der Waals surface area contributed by atoms with Crippen molar-refractivity contribution in [3.05, 3.63) is 32.6 Å². The Morgan fingerprint density at radius 2 is 2.06 bits per heavy atom. The zero-order valence-corrected chi connectivity index (χ0v) is 8.61. The summed E-state index contributed by atoms with van der Waals surface area (Å²) >= 11 is 0. The summed E-state index contributed by atoms with van der Waals surface area (Å²) in [7, 11) is 0. The second-order valence-electron chi connectivity index (χ2n) is 4.16. The second-order valence-corrected chi connectivity index (χ2v) is 4.16. The van der Waals surface area contributed by atoms with Crippen LogP contribution in [0.25, 0.3) is 0 Å². The van der Waals surface area contributed by atoms with Crippen LogP contribution in [0.3, 0.4) is 0 Å². The van der Waals surface area contributed by atoms with E-state index < -0.39 is 22.8 Å². The average molecular weight is 225 g/mol. The maximum Gasteiger partial charge on any atom is 0.326 e. The largest absolute Gasteiger partial charge is 0.386 e. The summed E-state index contributed by atoms with van der Waals surface area (Å²) in [6.07, 6.45) is 0. The molecule has 1 aromatic rings. The van der Waals surface area contributed by atoms with Crippen molar-refractivity contribution in [1.82, 2.24) is 14.9 Å². The zero-order chi connectivity index (χ0) is 11.9. The zero-order valence-electron chi connectivity index (χ0n) is 8.61. The molecule has 1 aromatic heterocycles. The summed E-state index contributed by atoms with van der Waals surface area (Å²) < 4.78 is 0. The van der Waals surface area contributed by atoms with Crippen molar-refractivity contribution in [2.45, 2.75) is 12.5 Å². The number of nitrogens with one attached hydrogen (secondary N) is 2. The molecule has 16 heavy (non-hydrogen) atoms. The third-order valence-corrected chi connectivity index (χ3v) is 2.34. The fourth-order valence-corrected chi connectivity index (χ4v) is 1.67. The van der Waals surface area contributed by atoms with Crippen molar-refractivity contribution in [2.75, 3.05) is 13.1 Å². The summed E-state index contributed by atoms with van der Waals surface area (Å²) in [5, 5.41) is 9.45. The van der Waals surface area contributed by atoms with Crippen LogP contribution >= 0.6 is 0 Å². The fraction of sp³-hybridized carbons (Fsp3) is 0.444. The molecule has 0 spiro atoms. The molecule has 7 heteroatoms. The van der Waals surface area contributed by atoms with Crippen molar-refractivity contribution >= 4 is 5.91 Å². The fourth-order valence-electron chi connectivity index (χ4n) is 1.67. The minimum absolute atomic E-state index is 0.0655. The van der Waals surface area contributed by atoms with Gasteiger partial charge in [-0.1, -0.05) is 0 Å². The maximum atomic E-state index is 11.7. The van der Waals surface area contributed by atoms with E-state index in [0.29, 0.717) is 0 Å². The first-order valence-electron chi connectivity index (χ1n) is 4.73. The quantitative estimate of drug-likeness (QED) is 0.528. The lowest BCUT2D eigenvalue weighted by molar-refractivity contribution is -0.0670. The van der Waals surface area contributed by atoms with Crippen molar-refractivity contribution in [3.8, 4) is 0 Å². The Hall–Kier alpha value is -1.89. The van der Waals surface area contributed by atoms with Gasteiger partial charge in [-0.25, -0.2) is 4.79 Å². The number of β-amino-alcohol motifs (C(OH)–C–C–N with tert-alkyl or cyclic N) is 1. The van der Waals surface area contributed by atoms with E-state index in [1.807, 2.05) is 4.98 Å². The van der Waals surface area contributed by atoms with E-state index in [-0.39, 0.29) is 18.8 Å². The molecule has 86 valence electrons. The molecule has 1 aliphatic heterocycles. The Bertz CT molecular complexity index is 506. The Balaban J connectivity index is 2.23. The predicted molar refractivity (Wildman–Crippen MR) is 54.2 cm³/mol. The minimum atomic E-state index is -0.878. The lowest BCUT2D eigenvalue weighted by atomic mass is 9.96. The van der Waals surface area contributed by atoms with Gasteiger partial charge in [-0.05, 0) is 6.92 Å². The van der Waals surface area contributed by atoms with Crippen molar-refractivity contribution in [3.63, 3.8) is 0 Å². The van der Waals surface area contributed by atoms with Crippen LogP contribution in [-0.2, 0) is 0 Å². The molecule has 0 aromatic carbocycles. The number of hydrogen-bond acceptors (Lipinski definition) is 4. The molecule has 0 bridgehead atoms. The van der Waals surface area contributed by atoms with Gasteiger partial charge in [0.1, 0.15) is 5.69 Å². The summed E-state index contributed by atoms with van der Waals surface area (Å²) in [5.74, 6) is -0.463. The van der Waals surface area contributed by atoms with Gasteiger partial charge in [-0.15, -0.1) is 0 Å². The molecule has 0 saturated carbocycles. The molecule has 1 aliphatic rings. The highest BCUT2D eigenvalue weighted by molar-refractivity contribution is 5.92. The predicted octanol–water partition coefficient (Wildman–Crippen LogP) is -1.73. The standard InChI is InChI=1S/C9H11N3O4/c1-9(16)3-12(4-9)7(14)5-2-6(13)11-8(15)10-5/h2,16H,3-4H2,1H3,(H2,10,11,13,15). The molecule has 0 aliphatic carbocycles. The molecule has 0 unspecified atom stereocenters. The van der Waals surface area contributed by atoms with Gasteiger partial charge < -0.3 is 15.0 Å². The molecule has 1 fully saturated rings. The summed E-state index contributed by atoms with van der Waals surface area (Å²) in [4.78, 5) is 39.2. The topological polar surface area (TPSA) is 106 Å². The van der Waals surface area contributed by atoms with E-state index in [9.17, 15) is 19.5 Å². The Morgan fingerprint density at radius 1 is 1.44 bits per heavy atom. The third kappa shape index (κ3) is 1.89. The average Bonchev–Trinajstić information content (AvgIpc) is 2.11. The summed E-state index contributed by atoms with van der Waals surface area (Å²) in [6.45, 7) is 2.00. The number of aliphatic hydroxyl groups is 1. The molecule has 2 rings (SSSR count). The Morgan fingerprint density at radius 3 is 2.56 bits per heavy atom. The monoisotopic (exact) mass is 225 g/mol. The van der Waals surface area contributed by atoms with Gasteiger partial charge in [0, 0.05) is 6.07 Å². The number of aromatic nitrogens is 2. The first-order chi connectivity index (χ1) is 7.37. The molecule has 1 saturated heterocycles. The number of H-pyrrole nitrogens is 2. The highest BCUT2D eigenvalue weighted by Crippen LogP contribution is 2.20. The van der Waals surface area contributed by atoms with Crippen molar-refractivity contribution in [1.29, 1.82) is 0 Å². The third-order valence-electron chi connectivity index (χ3n) is 2.34. The normalized spacial score (nSPS) is 18.0. The smallest absolute Gasteiger partial charge is 0.326 e. The van der Waals surface area contributed by atoms with E-state index in [1.54, 1.807) is 6.92 Å². The number of amides is 1. The number of carbonyl (C=O) groups excluding carboxylic acids is 1. The molecule has 3 N–H and O–H groups in total. The first kappa shape index (κ1) is 10.6. The van der Waals surface area contributed by atoms with Gasteiger partial charge in [0.2, 0.25) is 0 Å². The van der Waals surface area contributed by atoms with Crippen LogP contribution in [0.5, 0.6) is 0 Å². The minimum Gasteiger partial charge on any atom is -0.386 e. The van der Waals surface area contributed by atoms with Crippen LogP contribution in [0.15, 0.2) is 15.7 Å². The molecular formula is C9H11N3O4. The van der Waals surface area contributed by atoms with Crippen molar-refractivity contribution in [2.24, 2.45) is 0 Å². The number of rotatable bonds is 1. The summed E-state index contributed by atoms with van der Waals surface area (Å²) in [6, 6.07) is 1.02. The Labute approximate surface area is 89.7 Å². The lowest BCUT2D eigenvalue weighted by Gasteiger charge is -2.43. The van der Waals surface area contributed by atoms with E-state index in [2.05, 4.69) is 4.98 Å². The molecular weight excluding hydrogens is 214 g/mol. The number of nitrogens with zero attached hydrogens (tertiary/aromatic N) is 1. The van der Waals surface area contributed by atoms with Gasteiger partial charge in [-0.3, -0.25) is 14.6 Å². The van der Waals surface area contributed by atoms with E-state index >= 15 is 0 Å². The number of aromatic amines is 2. The lowest BCUT2D eigenvalue weighted by Crippen LogP contribution is -2.62. The van der Waals surface area contributed by atoms with Crippen LogP contribution in [-0.4, -0.2) is 44.6 Å². The molecule has 0 radical (unpaired) electrons. The molecule has 7 nitrogen and oxygen atoms in total. The van der Waals surface area contributed by atoms with E-state index in [4.69, 9.17) is 0 Å². The highest BCUT2D eigenvalue weighted by atomic mass is 16.3. The number of likely N-dealkylation sites (tertiary alicyclic amines) is 1. The van der Waals surface area contributed by atoms with Gasteiger partial charge in [0.25, 0.3) is 11.5 Å². The maximum absolute atomic E-state index is 11.7. The Kier molecular flexibility index (Phi) is 2.20. The van der Waals surface area contributed by atoms with Crippen LogP contribution in [0.4, 0.5) is 0 Å². The van der Waals surface area contributed by atoms with Gasteiger partial charge in [0.15, 0.2) is 0 Å². The van der Waals surface area contributed by atoms with Gasteiger partial charge in [0.05, 0.1) is 18.7 Å². The summed E-state index contributed by atoms with van der Waals surface area (Å²) in [5.41, 5.74) is -2.29. The molecule has 0 atom stereocenters. The van der Waals surface area contributed by atoms with E-state index in [0.717, 1.165) is 6.07 Å². The number of carbonyl (C=O) groups is 1. The van der Waals surface area contributed by atoms with Crippen LogP contribution in [0, 0.1) is 0 Å². The highest BCUT2D eigenvalue weighted by Gasteiger charge is 2.39. The van der Waals surface area contributed by atoms with Crippen molar-refractivity contribution < 1.29 is 9.90 Å². The molecule has 1 amide bonds. The van der Waals surface area contributed by atoms with E-state index in [1.165, 1.54) is 4.90 Å². The van der Waals surface area contributed by atoms with Gasteiger partial charge >= 0.3 is 5.69 Å². The van der Waals surface area contributed by atoms with Gasteiger partial charge in [-0.2, -0.15) is 0 Å². The first-order valence-corrected chi connectivity index (χ1v) is 4.73.